The van der Waals surface area contributed by atoms with Gasteiger partial charge in [-0.2, -0.15) is 0 Å². The van der Waals surface area contributed by atoms with E-state index in [9.17, 15) is 0 Å². The highest BCUT2D eigenvalue weighted by molar-refractivity contribution is 6.56. The zero-order valence-corrected chi connectivity index (χ0v) is 7.48. The molecule has 0 amide bonds. The van der Waals surface area contributed by atoms with Crippen molar-refractivity contribution in [3.8, 4) is 0 Å². The van der Waals surface area contributed by atoms with Gasteiger partial charge in [-0.1, -0.05) is 30.9 Å². The van der Waals surface area contributed by atoms with Gasteiger partial charge in [-0.15, -0.1) is 0 Å². The van der Waals surface area contributed by atoms with Crippen molar-refractivity contribution in [2.24, 2.45) is 0 Å². The van der Waals surface area contributed by atoms with Crippen molar-refractivity contribution < 1.29 is 0 Å². The van der Waals surface area contributed by atoms with Gasteiger partial charge in [0, 0.05) is 0 Å². The van der Waals surface area contributed by atoms with Crippen molar-refractivity contribution in [2.45, 2.75) is 39.2 Å². The van der Waals surface area contributed by atoms with Gasteiger partial charge in [-0.05, 0) is 31.2 Å². The molecule has 0 saturated heterocycles. The van der Waals surface area contributed by atoms with E-state index in [1.807, 2.05) is 0 Å². The fourth-order valence-corrected chi connectivity index (χ4v) is 2.19. The van der Waals surface area contributed by atoms with E-state index in [0.29, 0.717) is 0 Å². The highest BCUT2D eigenvalue weighted by Gasteiger charge is 2.24. The Kier molecular flexibility index (Phi) is 1.67. The molecule has 2 aliphatic rings. The molecule has 2 rings (SSSR count). The Morgan fingerprint density at radius 1 is 1.36 bits per heavy atom. The van der Waals surface area contributed by atoms with Crippen molar-refractivity contribution in [2.75, 3.05) is 0 Å². The molecule has 0 aromatic rings. The second kappa shape index (κ2) is 2.55. The van der Waals surface area contributed by atoms with Gasteiger partial charge in [-0.3, -0.25) is 0 Å². The van der Waals surface area contributed by atoms with Crippen LogP contribution in [-0.4, -0.2) is 6.71 Å². The molecule has 0 aromatic heterocycles. The maximum Gasteiger partial charge on any atom is 0.138 e. The Balaban J connectivity index is 2.15. The fraction of sp³-hybridized carbons (Fsp3) is 0.600. The third-order valence-electron chi connectivity index (χ3n) is 2.72. The Hall–Kier alpha value is -0.455. The molecule has 0 aliphatic heterocycles. The largest absolute Gasteiger partial charge is 0.138 e. The first kappa shape index (κ1) is 7.21. The third kappa shape index (κ3) is 1.17. The van der Waals surface area contributed by atoms with Crippen LogP contribution < -0.4 is 0 Å². The SMILES string of the molecule is CB(C)CC1=C2CC=C1CC2. The average Bonchev–Trinajstić information content (AvgIpc) is 2.48. The quantitative estimate of drug-likeness (QED) is 0.525. The van der Waals surface area contributed by atoms with E-state index >= 15 is 0 Å². The van der Waals surface area contributed by atoms with Gasteiger partial charge >= 0.3 is 0 Å². The van der Waals surface area contributed by atoms with Gasteiger partial charge < -0.3 is 0 Å². The van der Waals surface area contributed by atoms with Crippen LogP contribution in [0.25, 0.3) is 0 Å². The van der Waals surface area contributed by atoms with Crippen LogP contribution in [0.3, 0.4) is 0 Å². The minimum atomic E-state index is 0.833. The van der Waals surface area contributed by atoms with Crippen LogP contribution in [-0.2, 0) is 0 Å². The standard InChI is InChI=1S/C10H15B/c1-11(2)7-10-8-3-4-9(10)6-5-8/h3H,4-7H2,1-2H3. The highest BCUT2D eigenvalue weighted by Crippen LogP contribution is 2.42. The first-order chi connectivity index (χ1) is 5.27. The Bertz CT molecular complexity index is 233. The zero-order chi connectivity index (χ0) is 7.84. The second-order valence-corrected chi connectivity index (χ2v) is 4.11. The van der Waals surface area contributed by atoms with E-state index in [1.54, 1.807) is 16.7 Å². The lowest BCUT2D eigenvalue weighted by atomic mass is 9.50. The summed E-state index contributed by atoms with van der Waals surface area (Å²) in [7, 11) is 0. The van der Waals surface area contributed by atoms with E-state index in [2.05, 4.69) is 19.7 Å². The minimum absolute atomic E-state index is 0.833. The summed E-state index contributed by atoms with van der Waals surface area (Å²) < 4.78 is 0. The molecule has 0 unspecified atom stereocenters. The molecule has 2 aliphatic carbocycles. The van der Waals surface area contributed by atoms with Crippen LogP contribution in [0, 0.1) is 0 Å². The van der Waals surface area contributed by atoms with Crippen molar-refractivity contribution in [1.29, 1.82) is 0 Å². The molecule has 11 heavy (non-hydrogen) atoms. The molecule has 2 bridgehead atoms. The lowest BCUT2D eigenvalue weighted by molar-refractivity contribution is 0.933. The number of allylic oxidation sites excluding steroid dienone is 4. The molecule has 1 heteroatoms. The van der Waals surface area contributed by atoms with Crippen LogP contribution in [0.5, 0.6) is 0 Å². The lowest BCUT2D eigenvalue weighted by Gasteiger charge is -2.03. The first-order valence-corrected chi connectivity index (χ1v) is 4.67. The number of fused-ring (bicyclic) bond motifs is 1. The Morgan fingerprint density at radius 3 is 2.55 bits per heavy atom. The summed E-state index contributed by atoms with van der Waals surface area (Å²) in [4.78, 5) is 0. The van der Waals surface area contributed by atoms with Crippen LogP contribution in [0.15, 0.2) is 22.8 Å². The number of hydrogen-bond acceptors (Lipinski definition) is 0. The van der Waals surface area contributed by atoms with Gasteiger partial charge in [-0.25, -0.2) is 0 Å². The maximum absolute atomic E-state index is 2.43. The Morgan fingerprint density at radius 2 is 2.18 bits per heavy atom. The zero-order valence-electron chi connectivity index (χ0n) is 7.48. The van der Waals surface area contributed by atoms with Crippen molar-refractivity contribution in [3.63, 3.8) is 0 Å². The van der Waals surface area contributed by atoms with Crippen molar-refractivity contribution in [1.82, 2.24) is 0 Å². The molecule has 58 valence electrons. The summed E-state index contributed by atoms with van der Waals surface area (Å²) in [5, 5.41) is 0. The maximum atomic E-state index is 2.43. The van der Waals surface area contributed by atoms with E-state index < -0.39 is 0 Å². The van der Waals surface area contributed by atoms with Crippen molar-refractivity contribution >= 4 is 6.71 Å². The van der Waals surface area contributed by atoms with Gasteiger partial charge in [0.05, 0.1) is 0 Å². The normalized spacial score (nSPS) is 21.1. The summed E-state index contributed by atoms with van der Waals surface area (Å²) in [6.07, 6.45) is 7.74. The Labute approximate surface area is 69.5 Å². The molecule has 0 atom stereocenters. The van der Waals surface area contributed by atoms with Crippen LogP contribution in [0.4, 0.5) is 0 Å². The number of hydrogen-bond donors (Lipinski definition) is 0. The molecule has 0 radical (unpaired) electrons. The first-order valence-electron chi connectivity index (χ1n) is 4.67. The molecule has 0 fully saturated rings. The van der Waals surface area contributed by atoms with E-state index in [4.69, 9.17) is 0 Å². The summed E-state index contributed by atoms with van der Waals surface area (Å²) in [6, 6.07) is 0. The molecule has 0 heterocycles. The third-order valence-corrected chi connectivity index (χ3v) is 2.72. The lowest BCUT2D eigenvalue weighted by Crippen LogP contribution is -2.00. The van der Waals surface area contributed by atoms with Crippen LogP contribution in [0.1, 0.15) is 19.3 Å². The summed E-state index contributed by atoms with van der Waals surface area (Å²) in [5.41, 5.74) is 5.14. The molecule has 0 saturated carbocycles. The fourth-order valence-electron chi connectivity index (χ4n) is 2.19. The van der Waals surface area contributed by atoms with Crippen molar-refractivity contribution in [3.05, 3.63) is 22.8 Å². The molecular weight excluding hydrogens is 131 g/mol. The highest BCUT2D eigenvalue weighted by atomic mass is 14.3. The predicted octanol–water partition coefficient (Wildman–Crippen LogP) is 3.16. The molecular formula is C10H15B. The van der Waals surface area contributed by atoms with Gasteiger partial charge in [0.2, 0.25) is 0 Å². The topological polar surface area (TPSA) is 0 Å². The second-order valence-electron chi connectivity index (χ2n) is 4.11. The van der Waals surface area contributed by atoms with Crippen LogP contribution >= 0.6 is 0 Å². The number of rotatable bonds is 2. The average molecular weight is 146 g/mol. The summed E-state index contributed by atoms with van der Waals surface area (Å²) in [5.74, 6) is 0. The predicted molar refractivity (Wildman–Crippen MR) is 51.2 cm³/mol. The van der Waals surface area contributed by atoms with Gasteiger partial charge in [0.1, 0.15) is 6.71 Å². The van der Waals surface area contributed by atoms with E-state index in [1.165, 1.54) is 25.6 Å². The molecule has 0 spiro atoms. The smallest absolute Gasteiger partial charge is 0.0860 e. The summed E-state index contributed by atoms with van der Waals surface area (Å²) >= 11 is 0. The molecule has 0 nitrogen and oxygen atoms in total. The monoisotopic (exact) mass is 146 g/mol. The van der Waals surface area contributed by atoms with Crippen LogP contribution in [0.2, 0.25) is 20.0 Å². The van der Waals surface area contributed by atoms with E-state index in [-0.39, 0.29) is 0 Å². The molecule has 0 N–H and O–H groups in total. The summed E-state index contributed by atoms with van der Waals surface area (Å²) in [6.45, 7) is 5.46. The minimum Gasteiger partial charge on any atom is -0.0860 e. The van der Waals surface area contributed by atoms with Gasteiger partial charge in [0.15, 0.2) is 0 Å². The van der Waals surface area contributed by atoms with E-state index in [0.717, 1.165) is 6.71 Å². The molecule has 0 aromatic carbocycles. The van der Waals surface area contributed by atoms with Gasteiger partial charge in [0.25, 0.3) is 0 Å².